The van der Waals surface area contributed by atoms with Gasteiger partial charge in [0, 0.05) is 34.5 Å². The fourth-order valence-corrected chi connectivity index (χ4v) is 4.01. The largest absolute Gasteiger partial charge is 0.326 e. The molecule has 2 atom stereocenters. The van der Waals surface area contributed by atoms with Crippen LogP contribution in [0.4, 0.5) is 0 Å². The molecule has 1 aromatic carbocycles. The van der Waals surface area contributed by atoms with Crippen LogP contribution in [-0.4, -0.2) is 16.8 Å². The Balaban J connectivity index is 1.66. The van der Waals surface area contributed by atoms with Crippen molar-refractivity contribution in [1.82, 2.24) is 4.98 Å². The molecule has 2 nitrogen and oxygen atoms in total. The van der Waals surface area contributed by atoms with Gasteiger partial charge in [0.1, 0.15) is 0 Å². The maximum absolute atomic E-state index is 6.39. The van der Waals surface area contributed by atoms with E-state index in [0.717, 1.165) is 28.5 Å². The van der Waals surface area contributed by atoms with Crippen LogP contribution in [-0.2, 0) is 6.42 Å². The monoisotopic (exact) mass is 304 g/mol. The molecule has 1 aliphatic rings. The van der Waals surface area contributed by atoms with Gasteiger partial charge in [0.25, 0.3) is 0 Å². The predicted molar refractivity (Wildman–Crippen MR) is 85.5 cm³/mol. The third kappa shape index (κ3) is 2.85. The summed E-state index contributed by atoms with van der Waals surface area (Å²) in [5.41, 5.74) is 8.94. The number of aryl methyl sites for hydroxylation is 1. The molecule has 1 aromatic heterocycles. The van der Waals surface area contributed by atoms with E-state index in [9.17, 15) is 0 Å². The molecule has 0 saturated carbocycles. The first-order valence-electron chi connectivity index (χ1n) is 6.82. The van der Waals surface area contributed by atoms with Crippen molar-refractivity contribution in [2.75, 3.05) is 5.75 Å². The number of hydrogen-bond acceptors (Lipinski definition) is 3. The highest BCUT2D eigenvalue weighted by Gasteiger charge is 2.28. The Morgan fingerprint density at radius 1 is 1.30 bits per heavy atom. The lowest BCUT2D eigenvalue weighted by molar-refractivity contribution is 0.561. The number of nitrogens with two attached hydrogens (primary N) is 1. The lowest BCUT2D eigenvalue weighted by atomic mass is 9.99. The van der Waals surface area contributed by atoms with Crippen molar-refractivity contribution in [1.29, 1.82) is 0 Å². The average Bonchev–Trinajstić information content (AvgIpc) is 2.90. The van der Waals surface area contributed by atoms with Gasteiger partial charge >= 0.3 is 0 Å². The van der Waals surface area contributed by atoms with Crippen LogP contribution in [0.5, 0.6) is 0 Å². The second-order valence-electron chi connectivity index (χ2n) is 5.10. The second-order valence-corrected chi connectivity index (χ2v) is 6.57. The number of pyridine rings is 1. The lowest BCUT2D eigenvalue weighted by Crippen LogP contribution is -2.30. The molecule has 104 valence electrons. The van der Waals surface area contributed by atoms with E-state index in [1.165, 1.54) is 11.3 Å². The number of rotatable bonds is 4. The van der Waals surface area contributed by atoms with Gasteiger partial charge in [-0.25, -0.2) is 0 Å². The SMILES string of the molecule is NC(CSc1ccccc1Cl)C1CCc2cccnc21. The number of fused-ring (bicyclic) bond motifs is 1. The first-order valence-corrected chi connectivity index (χ1v) is 8.19. The summed E-state index contributed by atoms with van der Waals surface area (Å²) >= 11 is 7.91. The molecule has 0 aliphatic heterocycles. The Hall–Kier alpha value is -1.03. The number of nitrogens with zero attached hydrogens (tertiary/aromatic N) is 1. The van der Waals surface area contributed by atoms with Crippen LogP contribution in [0.2, 0.25) is 5.02 Å². The molecule has 1 aliphatic carbocycles. The average molecular weight is 305 g/mol. The molecule has 2 unspecified atom stereocenters. The minimum atomic E-state index is 0.118. The van der Waals surface area contributed by atoms with Gasteiger partial charge in [-0.1, -0.05) is 29.8 Å². The predicted octanol–water partition coefficient (Wildman–Crippen LogP) is 3.88. The smallest absolute Gasteiger partial charge is 0.0541 e. The van der Waals surface area contributed by atoms with Crippen LogP contribution in [0.1, 0.15) is 23.6 Å². The Kier molecular flexibility index (Phi) is 4.29. The number of halogens is 1. The van der Waals surface area contributed by atoms with Crippen molar-refractivity contribution < 1.29 is 0 Å². The maximum Gasteiger partial charge on any atom is 0.0541 e. The second kappa shape index (κ2) is 6.17. The third-order valence-corrected chi connectivity index (χ3v) is 5.45. The topological polar surface area (TPSA) is 38.9 Å². The van der Waals surface area contributed by atoms with E-state index < -0.39 is 0 Å². The molecule has 0 amide bonds. The van der Waals surface area contributed by atoms with Crippen molar-refractivity contribution in [3.63, 3.8) is 0 Å². The number of benzene rings is 1. The van der Waals surface area contributed by atoms with E-state index in [2.05, 4.69) is 11.1 Å². The van der Waals surface area contributed by atoms with Crippen LogP contribution >= 0.6 is 23.4 Å². The Bertz CT molecular complexity index is 603. The summed E-state index contributed by atoms with van der Waals surface area (Å²) in [5, 5.41) is 0.801. The van der Waals surface area contributed by atoms with E-state index in [4.69, 9.17) is 17.3 Å². The lowest BCUT2D eigenvalue weighted by Gasteiger charge is -2.19. The van der Waals surface area contributed by atoms with Crippen molar-refractivity contribution >= 4 is 23.4 Å². The van der Waals surface area contributed by atoms with E-state index in [-0.39, 0.29) is 6.04 Å². The molecule has 0 bridgehead atoms. The molecular formula is C16H17ClN2S. The van der Waals surface area contributed by atoms with Gasteiger partial charge < -0.3 is 5.73 Å². The molecule has 4 heteroatoms. The van der Waals surface area contributed by atoms with Crippen LogP contribution in [0.25, 0.3) is 0 Å². The summed E-state index contributed by atoms with van der Waals surface area (Å²) in [4.78, 5) is 5.62. The Labute approximate surface area is 128 Å². The minimum absolute atomic E-state index is 0.118. The van der Waals surface area contributed by atoms with Gasteiger partial charge in [0.05, 0.1) is 5.02 Å². The molecule has 0 fully saturated rings. The Morgan fingerprint density at radius 3 is 3.00 bits per heavy atom. The fourth-order valence-electron chi connectivity index (χ4n) is 2.72. The Morgan fingerprint density at radius 2 is 2.15 bits per heavy atom. The van der Waals surface area contributed by atoms with Crippen LogP contribution in [0.15, 0.2) is 47.5 Å². The van der Waals surface area contributed by atoms with Crippen LogP contribution in [0, 0.1) is 0 Å². The summed E-state index contributed by atoms with van der Waals surface area (Å²) < 4.78 is 0. The molecule has 0 radical (unpaired) electrons. The molecule has 0 spiro atoms. The van der Waals surface area contributed by atoms with Crippen molar-refractivity contribution in [2.45, 2.75) is 29.7 Å². The number of thioether (sulfide) groups is 1. The zero-order chi connectivity index (χ0) is 13.9. The normalized spacial score (nSPS) is 18.8. The van der Waals surface area contributed by atoms with Gasteiger partial charge in [-0.3, -0.25) is 4.98 Å². The van der Waals surface area contributed by atoms with Gasteiger partial charge in [0.15, 0.2) is 0 Å². The first kappa shape index (κ1) is 13.9. The third-order valence-electron chi connectivity index (χ3n) is 3.79. The summed E-state index contributed by atoms with van der Waals surface area (Å²) in [5.74, 6) is 1.24. The highest BCUT2D eigenvalue weighted by molar-refractivity contribution is 7.99. The van der Waals surface area contributed by atoms with Crippen molar-refractivity contribution in [3.8, 4) is 0 Å². The van der Waals surface area contributed by atoms with Gasteiger partial charge in [-0.05, 0) is 36.6 Å². The van der Waals surface area contributed by atoms with E-state index in [1.807, 2.05) is 36.5 Å². The quantitative estimate of drug-likeness (QED) is 0.871. The van der Waals surface area contributed by atoms with Crippen LogP contribution in [0.3, 0.4) is 0 Å². The molecule has 2 aromatic rings. The maximum atomic E-state index is 6.39. The van der Waals surface area contributed by atoms with Crippen molar-refractivity contribution in [3.05, 3.63) is 58.9 Å². The van der Waals surface area contributed by atoms with E-state index in [1.54, 1.807) is 11.8 Å². The van der Waals surface area contributed by atoms with Gasteiger partial charge in [0.2, 0.25) is 0 Å². The van der Waals surface area contributed by atoms with Gasteiger partial charge in [-0.2, -0.15) is 0 Å². The minimum Gasteiger partial charge on any atom is -0.326 e. The highest BCUT2D eigenvalue weighted by Crippen LogP contribution is 2.35. The molecule has 20 heavy (non-hydrogen) atoms. The molecule has 1 heterocycles. The molecule has 2 N–H and O–H groups in total. The van der Waals surface area contributed by atoms with E-state index >= 15 is 0 Å². The summed E-state index contributed by atoms with van der Waals surface area (Å²) in [6.45, 7) is 0. The fraction of sp³-hybridized carbons (Fsp3) is 0.312. The summed E-state index contributed by atoms with van der Waals surface area (Å²) in [7, 11) is 0. The first-order chi connectivity index (χ1) is 9.75. The van der Waals surface area contributed by atoms with Crippen molar-refractivity contribution in [2.24, 2.45) is 5.73 Å². The molecular weight excluding hydrogens is 288 g/mol. The number of aromatic nitrogens is 1. The summed E-state index contributed by atoms with van der Waals surface area (Å²) in [6, 6.07) is 12.2. The zero-order valence-corrected chi connectivity index (χ0v) is 12.7. The molecule has 3 rings (SSSR count). The standard InChI is InChI=1S/C16H17ClN2S/c17-13-5-1-2-6-15(13)20-10-14(18)12-8-7-11-4-3-9-19-16(11)12/h1-6,9,12,14H,7-8,10,18H2. The van der Waals surface area contributed by atoms with Gasteiger partial charge in [-0.15, -0.1) is 11.8 Å². The number of hydrogen-bond donors (Lipinski definition) is 1. The zero-order valence-electron chi connectivity index (χ0n) is 11.1. The summed E-state index contributed by atoms with van der Waals surface area (Å²) in [6.07, 6.45) is 4.07. The van der Waals surface area contributed by atoms with Crippen LogP contribution < -0.4 is 5.73 Å². The highest BCUT2D eigenvalue weighted by atomic mass is 35.5. The molecule has 0 saturated heterocycles. The van der Waals surface area contributed by atoms with E-state index in [0.29, 0.717) is 5.92 Å².